The van der Waals surface area contributed by atoms with Gasteiger partial charge in [-0.15, -0.1) is 0 Å². The molecular weight excluding hydrogens is 198 g/mol. The maximum atomic E-state index is 11.9. The first kappa shape index (κ1) is 17.9. The summed E-state index contributed by atoms with van der Waals surface area (Å²) >= 11 is 0. The van der Waals surface area contributed by atoms with Crippen molar-refractivity contribution in [3.05, 3.63) is 0 Å². The summed E-state index contributed by atoms with van der Waals surface area (Å²) in [5.74, 6) is 0.291. The minimum atomic E-state index is -0.189. The molecule has 0 radical (unpaired) electrons. The molecule has 0 spiro atoms. The molecule has 2 heteroatoms. The van der Waals surface area contributed by atoms with Gasteiger partial charge in [0.05, 0.1) is 0 Å². The molecule has 0 aromatic rings. The Morgan fingerprint density at radius 2 is 1.50 bits per heavy atom. The Balaban J connectivity index is 0. The van der Waals surface area contributed by atoms with Gasteiger partial charge >= 0.3 is 0 Å². The van der Waals surface area contributed by atoms with Crippen molar-refractivity contribution in [1.29, 1.82) is 0 Å². The number of carbonyl (C=O) groups is 1. The maximum Gasteiger partial charge on any atom is 0.228 e. The average Bonchev–Trinajstić information content (AvgIpc) is 2.26. The first-order valence-electron chi connectivity index (χ1n) is 6.70. The van der Waals surface area contributed by atoms with Crippen molar-refractivity contribution in [1.82, 2.24) is 4.90 Å². The maximum absolute atomic E-state index is 11.9. The molecule has 0 heterocycles. The second-order valence-electron chi connectivity index (χ2n) is 4.83. The Hall–Kier alpha value is -0.530. The van der Waals surface area contributed by atoms with Crippen molar-refractivity contribution in [2.75, 3.05) is 13.1 Å². The summed E-state index contributed by atoms with van der Waals surface area (Å²) in [7, 11) is 0. The van der Waals surface area contributed by atoms with Gasteiger partial charge in [0, 0.05) is 18.5 Å². The molecule has 1 amide bonds. The van der Waals surface area contributed by atoms with E-state index in [-0.39, 0.29) is 5.41 Å². The van der Waals surface area contributed by atoms with Crippen molar-refractivity contribution in [2.45, 2.75) is 67.7 Å². The van der Waals surface area contributed by atoms with Crippen LogP contribution in [-0.4, -0.2) is 23.9 Å². The molecule has 0 N–H and O–H groups in total. The number of hydrogen-bond acceptors (Lipinski definition) is 1. The molecule has 0 aliphatic carbocycles. The first-order chi connectivity index (χ1) is 7.40. The number of amides is 1. The third kappa shape index (κ3) is 6.86. The van der Waals surface area contributed by atoms with Gasteiger partial charge in [-0.3, -0.25) is 4.79 Å². The van der Waals surface area contributed by atoms with E-state index in [2.05, 4.69) is 27.7 Å². The van der Waals surface area contributed by atoms with Crippen LogP contribution in [0.3, 0.4) is 0 Å². The largest absolute Gasteiger partial charge is 0.343 e. The van der Waals surface area contributed by atoms with Crippen LogP contribution in [0.1, 0.15) is 67.7 Å². The summed E-state index contributed by atoms with van der Waals surface area (Å²) in [5, 5.41) is 0. The average molecular weight is 229 g/mol. The summed E-state index contributed by atoms with van der Waals surface area (Å²) in [5.41, 5.74) is -0.189. The van der Waals surface area contributed by atoms with Gasteiger partial charge in [-0.2, -0.15) is 0 Å². The van der Waals surface area contributed by atoms with E-state index in [4.69, 9.17) is 0 Å². The molecule has 0 saturated heterocycles. The highest BCUT2D eigenvalue weighted by molar-refractivity contribution is 5.81. The van der Waals surface area contributed by atoms with Gasteiger partial charge in [-0.05, 0) is 19.8 Å². The molecule has 0 fully saturated rings. The first-order valence-corrected chi connectivity index (χ1v) is 6.70. The van der Waals surface area contributed by atoms with E-state index in [0.717, 1.165) is 25.9 Å². The van der Waals surface area contributed by atoms with Crippen LogP contribution in [0.25, 0.3) is 0 Å². The standard InChI is InChI=1S/C11H23NO.C3H8/c1-6-9-12(8-3)10(13)11(4,5)7-2;1-3-2/h6-9H2,1-5H3;3H2,1-2H3. The highest BCUT2D eigenvalue weighted by Crippen LogP contribution is 2.22. The molecule has 98 valence electrons. The van der Waals surface area contributed by atoms with Crippen molar-refractivity contribution in [2.24, 2.45) is 5.41 Å². The molecule has 0 saturated carbocycles. The van der Waals surface area contributed by atoms with Crippen LogP contribution in [-0.2, 0) is 4.79 Å². The Bertz CT molecular complexity index is 176. The Labute approximate surface area is 102 Å². The van der Waals surface area contributed by atoms with E-state index in [9.17, 15) is 4.79 Å². The summed E-state index contributed by atoms with van der Waals surface area (Å²) in [6, 6.07) is 0. The summed E-state index contributed by atoms with van der Waals surface area (Å²) in [4.78, 5) is 13.9. The zero-order chi connectivity index (χ0) is 13.2. The van der Waals surface area contributed by atoms with Crippen LogP contribution in [0.5, 0.6) is 0 Å². The quantitative estimate of drug-likeness (QED) is 0.695. The molecule has 0 aromatic heterocycles. The second-order valence-corrected chi connectivity index (χ2v) is 4.83. The van der Waals surface area contributed by atoms with Gasteiger partial charge in [-0.25, -0.2) is 0 Å². The van der Waals surface area contributed by atoms with Gasteiger partial charge < -0.3 is 4.90 Å². The van der Waals surface area contributed by atoms with Gasteiger partial charge in [-0.1, -0.05) is 48.0 Å². The molecule has 2 nitrogen and oxygen atoms in total. The van der Waals surface area contributed by atoms with Crippen molar-refractivity contribution < 1.29 is 4.79 Å². The molecular formula is C14H31NO. The molecule has 16 heavy (non-hydrogen) atoms. The molecule has 0 bridgehead atoms. The van der Waals surface area contributed by atoms with E-state index in [1.54, 1.807) is 0 Å². The SMILES string of the molecule is CCC.CCCN(CC)C(=O)C(C)(C)CC. The van der Waals surface area contributed by atoms with E-state index in [1.165, 1.54) is 6.42 Å². The van der Waals surface area contributed by atoms with Crippen LogP contribution in [0.4, 0.5) is 0 Å². The summed E-state index contributed by atoms with van der Waals surface area (Å²) in [6.45, 7) is 16.2. The van der Waals surface area contributed by atoms with E-state index in [1.807, 2.05) is 25.7 Å². The lowest BCUT2D eigenvalue weighted by molar-refractivity contribution is -0.140. The van der Waals surface area contributed by atoms with Crippen molar-refractivity contribution in [3.8, 4) is 0 Å². The zero-order valence-corrected chi connectivity index (χ0v) is 12.4. The normalized spacial score (nSPS) is 10.4. The van der Waals surface area contributed by atoms with Crippen LogP contribution < -0.4 is 0 Å². The highest BCUT2D eigenvalue weighted by atomic mass is 16.2. The van der Waals surface area contributed by atoms with Crippen LogP contribution in [0.15, 0.2) is 0 Å². The lowest BCUT2D eigenvalue weighted by atomic mass is 9.88. The third-order valence-corrected chi connectivity index (χ3v) is 2.63. The topological polar surface area (TPSA) is 20.3 Å². The minimum absolute atomic E-state index is 0.189. The van der Waals surface area contributed by atoms with Crippen molar-refractivity contribution >= 4 is 5.91 Å². The van der Waals surface area contributed by atoms with E-state index in [0.29, 0.717) is 5.91 Å². The van der Waals surface area contributed by atoms with Crippen LogP contribution >= 0.6 is 0 Å². The van der Waals surface area contributed by atoms with Crippen LogP contribution in [0.2, 0.25) is 0 Å². The van der Waals surface area contributed by atoms with Gasteiger partial charge in [0.2, 0.25) is 5.91 Å². The predicted octanol–water partition coefficient (Wildman–Crippen LogP) is 4.10. The van der Waals surface area contributed by atoms with Crippen molar-refractivity contribution in [3.63, 3.8) is 0 Å². The fourth-order valence-electron chi connectivity index (χ4n) is 1.25. The van der Waals surface area contributed by atoms with E-state index < -0.39 is 0 Å². The van der Waals surface area contributed by atoms with Gasteiger partial charge in [0.15, 0.2) is 0 Å². The summed E-state index contributed by atoms with van der Waals surface area (Å²) in [6.07, 6.45) is 3.20. The molecule has 0 rings (SSSR count). The minimum Gasteiger partial charge on any atom is -0.343 e. The smallest absolute Gasteiger partial charge is 0.228 e. The van der Waals surface area contributed by atoms with Crippen LogP contribution in [0, 0.1) is 5.41 Å². The number of nitrogens with zero attached hydrogens (tertiary/aromatic N) is 1. The van der Waals surface area contributed by atoms with Gasteiger partial charge in [0.25, 0.3) is 0 Å². The molecule has 0 aliphatic heterocycles. The summed E-state index contributed by atoms with van der Waals surface area (Å²) < 4.78 is 0. The predicted molar refractivity (Wildman–Crippen MR) is 72.6 cm³/mol. The Morgan fingerprint density at radius 3 is 1.75 bits per heavy atom. The third-order valence-electron chi connectivity index (χ3n) is 2.63. The van der Waals surface area contributed by atoms with E-state index >= 15 is 0 Å². The monoisotopic (exact) mass is 229 g/mol. The highest BCUT2D eigenvalue weighted by Gasteiger charge is 2.28. The Kier molecular flexibility index (Phi) is 10.8. The molecule has 0 aromatic carbocycles. The molecule has 0 unspecified atom stereocenters. The zero-order valence-electron chi connectivity index (χ0n) is 12.4. The number of rotatable bonds is 5. The fourth-order valence-corrected chi connectivity index (χ4v) is 1.25. The second kappa shape index (κ2) is 9.68. The lowest BCUT2D eigenvalue weighted by Gasteiger charge is -2.30. The fraction of sp³-hybridized carbons (Fsp3) is 0.929. The Morgan fingerprint density at radius 1 is 1.06 bits per heavy atom. The van der Waals surface area contributed by atoms with Gasteiger partial charge in [0.1, 0.15) is 0 Å². The number of carbonyl (C=O) groups excluding carboxylic acids is 1. The molecule has 0 atom stereocenters. The lowest BCUT2D eigenvalue weighted by Crippen LogP contribution is -2.40. The number of hydrogen-bond donors (Lipinski definition) is 0. The molecule has 0 aliphatic rings.